The summed E-state index contributed by atoms with van der Waals surface area (Å²) in [7, 11) is 0. The zero-order chi connectivity index (χ0) is 18.5. The second kappa shape index (κ2) is 6.60. The Bertz CT molecular complexity index is 1040. The number of aromatic nitrogens is 2. The molecule has 0 atom stereocenters. The maximum atomic E-state index is 5.52. The molecule has 144 valence electrons. The fourth-order valence-electron chi connectivity index (χ4n) is 4.70. The summed E-state index contributed by atoms with van der Waals surface area (Å²) in [4.78, 5) is 16.0. The third kappa shape index (κ3) is 2.72. The monoisotopic (exact) mass is 395 g/mol. The lowest BCUT2D eigenvalue weighted by Crippen LogP contribution is -3.13. The molecule has 2 aromatic heterocycles. The Morgan fingerprint density at radius 1 is 1.07 bits per heavy atom. The molecule has 0 bridgehead atoms. The second-order valence-electron chi connectivity index (χ2n) is 7.84. The maximum Gasteiger partial charge on any atom is 0.231 e. The Hall–Kier alpha value is -2.38. The normalized spacial score (nSPS) is 18.8. The Morgan fingerprint density at radius 2 is 1.96 bits per heavy atom. The summed E-state index contributed by atoms with van der Waals surface area (Å²) in [6.45, 7) is 5.67. The average Bonchev–Trinajstić information content (AvgIpc) is 3.43. The van der Waals surface area contributed by atoms with Gasteiger partial charge in [0.1, 0.15) is 23.5 Å². The molecule has 4 heterocycles. The van der Waals surface area contributed by atoms with Crippen LogP contribution in [0.3, 0.4) is 0 Å². The average molecular weight is 396 g/mol. The largest absolute Gasteiger partial charge is 0.454 e. The van der Waals surface area contributed by atoms with Gasteiger partial charge in [0.05, 0.1) is 31.6 Å². The summed E-state index contributed by atoms with van der Waals surface area (Å²) in [5.74, 6) is 2.90. The highest BCUT2D eigenvalue weighted by Gasteiger charge is 2.27. The number of ether oxygens (including phenoxy) is 2. The molecule has 6 rings (SSSR count). The van der Waals surface area contributed by atoms with Crippen molar-refractivity contribution in [3.63, 3.8) is 0 Å². The summed E-state index contributed by atoms with van der Waals surface area (Å²) in [6, 6.07) is 6.32. The molecule has 0 radical (unpaired) electrons. The van der Waals surface area contributed by atoms with E-state index in [1.54, 1.807) is 11.2 Å². The standard InChI is InChI=1S/C21H22N4O2S/c1-2-15-18(3-1)28-21-19(15)20(22-12-23-21)25-8-6-24(7-9-25)11-14-4-5-16-17(10-14)27-13-26-16/h4-5,10,12H,1-3,6-9,11,13H2/p+1. The number of anilines is 1. The summed E-state index contributed by atoms with van der Waals surface area (Å²) in [5.41, 5.74) is 2.83. The van der Waals surface area contributed by atoms with Gasteiger partial charge in [-0.05, 0) is 43.0 Å². The first-order valence-electron chi connectivity index (χ1n) is 10.1. The number of aryl methyl sites for hydroxylation is 2. The van der Waals surface area contributed by atoms with Crippen LogP contribution in [-0.2, 0) is 19.4 Å². The number of quaternary nitrogens is 1. The Labute approximate surface area is 167 Å². The van der Waals surface area contributed by atoms with E-state index in [1.807, 2.05) is 17.4 Å². The number of rotatable bonds is 3. The number of benzene rings is 1. The molecule has 6 nitrogen and oxygen atoms in total. The number of nitrogens with one attached hydrogen (secondary N) is 1. The second-order valence-corrected chi connectivity index (χ2v) is 8.92. The van der Waals surface area contributed by atoms with Crippen LogP contribution < -0.4 is 19.3 Å². The summed E-state index contributed by atoms with van der Waals surface area (Å²) in [6.07, 6.45) is 5.42. The van der Waals surface area contributed by atoms with E-state index in [0.29, 0.717) is 6.79 Å². The first-order chi connectivity index (χ1) is 13.8. The maximum absolute atomic E-state index is 5.52. The van der Waals surface area contributed by atoms with Gasteiger partial charge in [0, 0.05) is 10.4 Å². The molecule has 1 aliphatic carbocycles. The molecule has 1 aromatic carbocycles. The third-order valence-electron chi connectivity index (χ3n) is 6.14. The molecule has 1 fully saturated rings. The van der Waals surface area contributed by atoms with Gasteiger partial charge in [-0.2, -0.15) is 0 Å². The number of fused-ring (bicyclic) bond motifs is 4. The van der Waals surface area contributed by atoms with E-state index in [1.165, 1.54) is 45.5 Å². The van der Waals surface area contributed by atoms with Gasteiger partial charge >= 0.3 is 0 Å². The van der Waals surface area contributed by atoms with Crippen molar-refractivity contribution in [2.45, 2.75) is 25.8 Å². The highest BCUT2D eigenvalue weighted by molar-refractivity contribution is 7.19. The molecule has 0 amide bonds. The highest BCUT2D eigenvalue weighted by Crippen LogP contribution is 2.40. The van der Waals surface area contributed by atoms with Crippen molar-refractivity contribution in [3.8, 4) is 11.5 Å². The van der Waals surface area contributed by atoms with Crippen LogP contribution in [0, 0.1) is 0 Å². The molecule has 0 unspecified atom stereocenters. The van der Waals surface area contributed by atoms with Crippen LogP contribution in [-0.4, -0.2) is 42.9 Å². The lowest BCUT2D eigenvalue weighted by atomic mass is 10.1. The van der Waals surface area contributed by atoms with Crippen molar-refractivity contribution in [2.75, 3.05) is 37.9 Å². The van der Waals surface area contributed by atoms with Crippen LogP contribution in [0.2, 0.25) is 0 Å². The summed E-state index contributed by atoms with van der Waals surface area (Å²) >= 11 is 1.87. The van der Waals surface area contributed by atoms with Gasteiger partial charge in [-0.1, -0.05) is 0 Å². The van der Waals surface area contributed by atoms with E-state index in [2.05, 4.69) is 22.0 Å². The Kier molecular flexibility index (Phi) is 3.90. The summed E-state index contributed by atoms with van der Waals surface area (Å²) in [5, 5.41) is 1.33. The Balaban J connectivity index is 1.18. The fourth-order valence-corrected chi connectivity index (χ4v) is 5.93. The van der Waals surface area contributed by atoms with Crippen molar-refractivity contribution in [1.29, 1.82) is 0 Å². The molecule has 3 aromatic rings. The molecule has 3 aliphatic rings. The van der Waals surface area contributed by atoms with E-state index >= 15 is 0 Å². The van der Waals surface area contributed by atoms with Gasteiger partial charge < -0.3 is 19.3 Å². The van der Waals surface area contributed by atoms with Crippen molar-refractivity contribution < 1.29 is 14.4 Å². The van der Waals surface area contributed by atoms with Crippen LogP contribution in [0.4, 0.5) is 5.82 Å². The minimum Gasteiger partial charge on any atom is -0.454 e. The van der Waals surface area contributed by atoms with Crippen LogP contribution >= 0.6 is 11.3 Å². The van der Waals surface area contributed by atoms with Crippen molar-refractivity contribution in [3.05, 3.63) is 40.5 Å². The fraction of sp³-hybridized carbons (Fsp3) is 0.429. The third-order valence-corrected chi connectivity index (χ3v) is 7.34. The molecular formula is C21H23N4O2S+. The van der Waals surface area contributed by atoms with Crippen LogP contribution in [0.5, 0.6) is 11.5 Å². The number of hydrogen-bond donors (Lipinski definition) is 1. The Morgan fingerprint density at radius 3 is 2.89 bits per heavy atom. The van der Waals surface area contributed by atoms with Crippen molar-refractivity contribution in [1.82, 2.24) is 9.97 Å². The molecule has 1 saturated heterocycles. The zero-order valence-corrected chi connectivity index (χ0v) is 16.6. The first-order valence-corrected chi connectivity index (χ1v) is 10.9. The van der Waals surface area contributed by atoms with Crippen molar-refractivity contribution in [2.24, 2.45) is 0 Å². The smallest absolute Gasteiger partial charge is 0.231 e. The van der Waals surface area contributed by atoms with E-state index in [-0.39, 0.29) is 0 Å². The van der Waals surface area contributed by atoms with E-state index < -0.39 is 0 Å². The first kappa shape index (κ1) is 16.6. The number of piperazine rings is 1. The van der Waals surface area contributed by atoms with Gasteiger partial charge in [-0.3, -0.25) is 0 Å². The summed E-state index contributed by atoms with van der Waals surface area (Å²) < 4.78 is 10.9. The highest BCUT2D eigenvalue weighted by atomic mass is 32.1. The molecule has 7 heteroatoms. The van der Waals surface area contributed by atoms with Gasteiger partial charge in [-0.25, -0.2) is 9.97 Å². The molecule has 2 aliphatic heterocycles. The quantitative estimate of drug-likeness (QED) is 0.733. The number of hydrogen-bond acceptors (Lipinski definition) is 6. The number of nitrogens with zero attached hydrogens (tertiary/aromatic N) is 3. The molecular weight excluding hydrogens is 372 g/mol. The molecule has 28 heavy (non-hydrogen) atoms. The van der Waals surface area contributed by atoms with Gasteiger partial charge in [0.25, 0.3) is 0 Å². The predicted molar refractivity (Wildman–Crippen MR) is 109 cm³/mol. The lowest BCUT2D eigenvalue weighted by molar-refractivity contribution is -0.914. The van der Waals surface area contributed by atoms with Gasteiger partial charge in [-0.15, -0.1) is 11.3 Å². The van der Waals surface area contributed by atoms with Crippen LogP contribution in [0.1, 0.15) is 22.4 Å². The topological polar surface area (TPSA) is 51.9 Å². The van der Waals surface area contributed by atoms with E-state index in [0.717, 1.165) is 50.0 Å². The van der Waals surface area contributed by atoms with Gasteiger partial charge in [0.2, 0.25) is 6.79 Å². The predicted octanol–water partition coefficient (Wildman–Crippen LogP) is 1.81. The lowest BCUT2D eigenvalue weighted by Gasteiger charge is -2.33. The van der Waals surface area contributed by atoms with Gasteiger partial charge in [0.15, 0.2) is 11.5 Å². The van der Waals surface area contributed by atoms with Crippen LogP contribution in [0.25, 0.3) is 10.2 Å². The molecule has 0 saturated carbocycles. The molecule has 1 N–H and O–H groups in total. The van der Waals surface area contributed by atoms with Crippen LogP contribution in [0.15, 0.2) is 24.5 Å². The molecule has 0 spiro atoms. The van der Waals surface area contributed by atoms with E-state index in [9.17, 15) is 0 Å². The zero-order valence-electron chi connectivity index (χ0n) is 15.7. The minimum absolute atomic E-state index is 0.337. The van der Waals surface area contributed by atoms with E-state index in [4.69, 9.17) is 14.5 Å². The number of thiophene rings is 1. The SMILES string of the molecule is c1nc(N2CC[NH+](Cc3ccc4c(c3)OCO4)CC2)c2c3c(sc2n1)CCC3. The van der Waals surface area contributed by atoms with Crippen molar-refractivity contribution >= 4 is 27.4 Å². The minimum atomic E-state index is 0.337.